The van der Waals surface area contributed by atoms with E-state index in [1.165, 1.54) is 0 Å². The van der Waals surface area contributed by atoms with E-state index in [2.05, 4.69) is 13.8 Å². The maximum atomic E-state index is 12.6. The van der Waals surface area contributed by atoms with E-state index in [1.54, 1.807) is 0 Å². The third kappa shape index (κ3) is 2.11. The minimum Gasteiger partial charge on any atom is -0.462 e. The van der Waals surface area contributed by atoms with Gasteiger partial charge in [-0.1, -0.05) is 20.3 Å². The molecule has 0 aromatic heterocycles. The lowest BCUT2D eigenvalue weighted by atomic mass is 9.44. The van der Waals surface area contributed by atoms with Crippen LogP contribution in [0, 0.1) is 22.7 Å². The van der Waals surface area contributed by atoms with Gasteiger partial charge in [0.15, 0.2) is 0 Å². The fraction of sp³-hybridized carbons (Fsp3) is 0.800. The third-order valence-corrected chi connectivity index (χ3v) is 7.83. The molecule has 1 saturated heterocycles. The Morgan fingerprint density at radius 2 is 2.04 bits per heavy atom. The first-order chi connectivity index (χ1) is 11.7. The van der Waals surface area contributed by atoms with Gasteiger partial charge < -0.3 is 14.6 Å². The van der Waals surface area contributed by atoms with Crippen LogP contribution in [0.4, 0.5) is 0 Å². The van der Waals surface area contributed by atoms with Crippen LogP contribution in [0.2, 0.25) is 0 Å². The van der Waals surface area contributed by atoms with Gasteiger partial charge in [0, 0.05) is 16.9 Å². The Morgan fingerprint density at radius 3 is 2.72 bits per heavy atom. The van der Waals surface area contributed by atoms with Gasteiger partial charge in [0.1, 0.15) is 12.7 Å². The number of hydrogen-bond donors (Lipinski definition) is 1. The highest BCUT2D eigenvalue weighted by atomic mass is 16.6. The molecule has 0 bridgehead atoms. The smallest absolute Gasteiger partial charge is 0.334 e. The highest BCUT2D eigenvalue weighted by Gasteiger charge is 2.71. The zero-order chi connectivity index (χ0) is 18.0. The highest BCUT2D eigenvalue weighted by Crippen LogP contribution is 2.67. The minimum atomic E-state index is -0.909. The number of esters is 2. The van der Waals surface area contributed by atoms with Crippen molar-refractivity contribution in [3.63, 3.8) is 0 Å². The first-order valence-corrected chi connectivity index (χ1v) is 9.52. The predicted molar refractivity (Wildman–Crippen MR) is 90.4 cm³/mol. The topological polar surface area (TPSA) is 72.8 Å². The molecule has 5 nitrogen and oxygen atoms in total. The van der Waals surface area contributed by atoms with Crippen LogP contribution in [0.1, 0.15) is 59.3 Å². The maximum absolute atomic E-state index is 12.6. The summed E-state index contributed by atoms with van der Waals surface area (Å²) in [6.07, 6.45) is 6.13. The normalized spacial score (nSPS) is 48.6. The van der Waals surface area contributed by atoms with Gasteiger partial charge in [-0.15, -0.1) is 0 Å². The van der Waals surface area contributed by atoms with E-state index in [9.17, 15) is 14.7 Å². The molecular weight excluding hydrogens is 320 g/mol. The number of ether oxygens (including phenoxy) is 2. The van der Waals surface area contributed by atoms with Gasteiger partial charge in [-0.3, -0.25) is 4.79 Å². The lowest BCUT2D eigenvalue weighted by molar-refractivity contribution is -0.217. The summed E-state index contributed by atoms with van der Waals surface area (Å²) < 4.78 is 10.8. The minimum absolute atomic E-state index is 0.0185. The van der Waals surface area contributed by atoms with E-state index in [1.807, 2.05) is 13.0 Å². The van der Waals surface area contributed by atoms with E-state index in [0.717, 1.165) is 19.3 Å². The molecule has 5 heteroatoms. The second-order valence-corrected chi connectivity index (χ2v) is 9.00. The molecule has 2 saturated carbocycles. The van der Waals surface area contributed by atoms with Crippen molar-refractivity contribution in [2.24, 2.45) is 22.7 Å². The first-order valence-electron chi connectivity index (χ1n) is 9.52. The van der Waals surface area contributed by atoms with Crippen LogP contribution in [-0.4, -0.2) is 35.4 Å². The molecule has 0 amide bonds. The van der Waals surface area contributed by atoms with Gasteiger partial charge in [0.2, 0.25) is 0 Å². The van der Waals surface area contributed by atoms with Gasteiger partial charge in [0.25, 0.3) is 0 Å². The van der Waals surface area contributed by atoms with Gasteiger partial charge >= 0.3 is 11.9 Å². The van der Waals surface area contributed by atoms with Crippen molar-refractivity contribution in [1.82, 2.24) is 0 Å². The van der Waals surface area contributed by atoms with E-state index in [0.29, 0.717) is 31.4 Å². The number of aliphatic hydroxyl groups is 1. The lowest BCUT2D eigenvalue weighted by Gasteiger charge is -2.61. The molecule has 25 heavy (non-hydrogen) atoms. The van der Waals surface area contributed by atoms with Gasteiger partial charge in [-0.2, -0.15) is 0 Å². The van der Waals surface area contributed by atoms with Crippen molar-refractivity contribution >= 4 is 11.9 Å². The molecule has 0 aromatic rings. The number of carbonyl (C=O) groups is 2. The second-order valence-electron chi connectivity index (χ2n) is 9.00. The first kappa shape index (κ1) is 17.1. The SMILES string of the molecule is CC1CC2OC(=O)C3(C)CCCC(C)(C23)C1(O)CCC1=CCOC1=O. The Labute approximate surface area is 148 Å². The monoisotopic (exact) mass is 348 g/mol. The van der Waals surface area contributed by atoms with Gasteiger partial charge in [-0.05, 0) is 51.0 Å². The molecule has 2 aliphatic heterocycles. The maximum Gasteiger partial charge on any atom is 0.334 e. The summed E-state index contributed by atoms with van der Waals surface area (Å²) in [6, 6.07) is 0. The summed E-state index contributed by atoms with van der Waals surface area (Å²) in [7, 11) is 0. The summed E-state index contributed by atoms with van der Waals surface area (Å²) in [5.41, 5.74) is -1.11. The van der Waals surface area contributed by atoms with E-state index in [4.69, 9.17) is 9.47 Å². The number of cyclic esters (lactones) is 1. The average molecular weight is 348 g/mol. The molecule has 138 valence electrons. The molecule has 4 aliphatic rings. The molecule has 0 aromatic carbocycles. The largest absolute Gasteiger partial charge is 0.462 e. The van der Waals surface area contributed by atoms with Crippen LogP contribution in [0.25, 0.3) is 0 Å². The quantitative estimate of drug-likeness (QED) is 0.794. The van der Waals surface area contributed by atoms with Crippen LogP contribution in [0.5, 0.6) is 0 Å². The Balaban J connectivity index is 1.67. The van der Waals surface area contributed by atoms with Crippen molar-refractivity contribution in [3.8, 4) is 0 Å². The molecule has 0 spiro atoms. The Kier molecular flexibility index (Phi) is 3.63. The molecule has 3 fully saturated rings. The summed E-state index contributed by atoms with van der Waals surface area (Å²) in [5, 5.41) is 11.9. The summed E-state index contributed by atoms with van der Waals surface area (Å²) in [5.74, 6) is -0.285. The zero-order valence-electron chi connectivity index (χ0n) is 15.3. The summed E-state index contributed by atoms with van der Waals surface area (Å²) in [6.45, 7) is 6.55. The summed E-state index contributed by atoms with van der Waals surface area (Å²) in [4.78, 5) is 24.3. The molecule has 6 atom stereocenters. The van der Waals surface area contributed by atoms with Crippen LogP contribution in [0.15, 0.2) is 11.6 Å². The highest BCUT2D eigenvalue weighted by molar-refractivity contribution is 5.90. The van der Waals surface area contributed by atoms with E-state index < -0.39 is 11.0 Å². The molecule has 4 rings (SSSR count). The van der Waals surface area contributed by atoms with Crippen LogP contribution in [-0.2, 0) is 19.1 Å². The lowest BCUT2D eigenvalue weighted by Crippen LogP contribution is -2.65. The van der Waals surface area contributed by atoms with E-state index in [-0.39, 0.29) is 35.3 Å². The van der Waals surface area contributed by atoms with Crippen molar-refractivity contribution < 1.29 is 24.2 Å². The number of hydrogen-bond acceptors (Lipinski definition) is 5. The van der Waals surface area contributed by atoms with Crippen molar-refractivity contribution in [3.05, 3.63) is 11.6 Å². The molecule has 2 aliphatic carbocycles. The number of rotatable bonds is 3. The molecule has 6 unspecified atom stereocenters. The van der Waals surface area contributed by atoms with Crippen molar-refractivity contribution in [2.75, 3.05) is 6.61 Å². The van der Waals surface area contributed by atoms with Crippen LogP contribution < -0.4 is 0 Å². The molecule has 1 N–H and O–H groups in total. The number of carbonyl (C=O) groups excluding carboxylic acids is 2. The zero-order valence-corrected chi connectivity index (χ0v) is 15.3. The average Bonchev–Trinajstić information content (AvgIpc) is 3.06. The third-order valence-electron chi connectivity index (χ3n) is 7.83. The van der Waals surface area contributed by atoms with Gasteiger partial charge in [0.05, 0.1) is 11.0 Å². The Bertz CT molecular complexity index is 654. The van der Waals surface area contributed by atoms with E-state index >= 15 is 0 Å². The fourth-order valence-electron chi connectivity index (χ4n) is 6.46. The Hall–Kier alpha value is -1.36. The standard InChI is InChI=1S/C20H28O5/c1-12-11-14-15-18(2,17(22)25-14)7-4-8-19(15,3)20(12,23)9-5-13-6-10-24-16(13)21/h6,12,14-15,23H,4-5,7-11H2,1-3H3. The van der Waals surface area contributed by atoms with Crippen LogP contribution in [0.3, 0.4) is 0 Å². The fourth-order valence-corrected chi connectivity index (χ4v) is 6.46. The second kappa shape index (κ2) is 5.32. The molecule has 2 heterocycles. The predicted octanol–water partition coefficient (Wildman–Crippen LogP) is 2.76. The molecular formula is C20H28O5. The summed E-state index contributed by atoms with van der Waals surface area (Å²) >= 11 is 0. The Morgan fingerprint density at radius 1 is 1.28 bits per heavy atom. The van der Waals surface area contributed by atoms with Crippen molar-refractivity contribution in [1.29, 1.82) is 0 Å². The molecule has 0 radical (unpaired) electrons. The van der Waals surface area contributed by atoms with Crippen molar-refractivity contribution in [2.45, 2.75) is 71.0 Å². The van der Waals surface area contributed by atoms with Gasteiger partial charge in [-0.25, -0.2) is 4.79 Å². The van der Waals surface area contributed by atoms with Crippen LogP contribution >= 0.6 is 0 Å².